The maximum Gasteiger partial charge on any atom is 0.228 e. The standard InChI is InChI=1S/C16H15N3O2/c1-21-15-5-3-2-4-11(15)9-16(20)18-13-6-7-14-12(8-13)10-17-19-14/h2-8,10H,9H2,1H3,(H,17,19)(H,18,20). The van der Waals surface area contributed by atoms with Gasteiger partial charge in [-0.25, -0.2) is 0 Å². The van der Waals surface area contributed by atoms with Crippen molar-refractivity contribution in [2.75, 3.05) is 12.4 Å². The molecule has 0 bridgehead atoms. The van der Waals surface area contributed by atoms with Crippen LogP contribution in [0, 0.1) is 0 Å². The van der Waals surface area contributed by atoms with Gasteiger partial charge in [-0.05, 0) is 24.3 Å². The van der Waals surface area contributed by atoms with E-state index in [2.05, 4.69) is 15.5 Å². The van der Waals surface area contributed by atoms with Crippen LogP contribution in [0.4, 0.5) is 5.69 Å². The van der Waals surface area contributed by atoms with Gasteiger partial charge in [0.05, 0.1) is 25.2 Å². The SMILES string of the molecule is COc1ccccc1CC(=O)Nc1ccc2[nH]ncc2c1. The summed E-state index contributed by atoms with van der Waals surface area (Å²) in [4.78, 5) is 12.1. The van der Waals surface area contributed by atoms with Crippen LogP contribution < -0.4 is 10.1 Å². The lowest BCUT2D eigenvalue weighted by Crippen LogP contribution is -2.14. The number of benzene rings is 2. The monoisotopic (exact) mass is 281 g/mol. The number of anilines is 1. The lowest BCUT2D eigenvalue weighted by molar-refractivity contribution is -0.115. The molecule has 1 aromatic heterocycles. The van der Waals surface area contributed by atoms with Gasteiger partial charge >= 0.3 is 0 Å². The first-order valence-corrected chi connectivity index (χ1v) is 6.61. The molecule has 0 atom stereocenters. The molecule has 2 N–H and O–H groups in total. The van der Waals surface area contributed by atoms with E-state index in [0.717, 1.165) is 27.9 Å². The molecular weight excluding hydrogens is 266 g/mol. The zero-order valence-electron chi connectivity index (χ0n) is 11.6. The van der Waals surface area contributed by atoms with Gasteiger partial charge < -0.3 is 10.1 Å². The predicted molar refractivity (Wildman–Crippen MR) is 81.4 cm³/mol. The summed E-state index contributed by atoms with van der Waals surface area (Å²) in [6.07, 6.45) is 2.00. The average Bonchev–Trinajstić information content (AvgIpc) is 2.95. The van der Waals surface area contributed by atoms with Crippen molar-refractivity contribution in [2.24, 2.45) is 0 Å². The Hall–Kier alpha value is -2.82. The van der Waals surface area contributed by atoms with Crippen LogP contribution in [0.5, 0.6) is 5.75 Å². The predicted octanol–water partition coefficient (Wildman–Crippen LogP) is 2.75. The molecule has 2 aromatic carbocycles. The summed E-state index contributed by atoms with van der Waals surface area (Å²) in [6, 6.07) is 13.1. The van der Waals surface area contributed by atoms with Crippen molar-refractivity contribution in [1.29, 1.82) is 0 Å². The van der Waals surface area contributed by atoms with E-state index < -0.39 is 0 Å². The van der Waals surface area contributed by atoms with Crippen molar-refractivity contribution >= 4 is 22.5 Å². The van der Waals surface area contributed by atoms with Gasteiger partial charge in [-0.3, -0.25) is 9.89 Å². The number of ether oxygens (including phenoxy) is 1. The summed E-state index contributed by atoms with van der Waals surface area (Å²) < 4.78 is 5.25. The van der Waals surface area contributed by atoms with E-state index in [0.29, 0.717) is 0 Å². The summed E-state index contributed by atoms with van der Waals surface area (Å²) in [7, 11) is 1.60. The van der Waals surface area contributed by atoms with E-state index in [9.17, 15) is 4.79 Å². The van der Waals surface area contributed by atoms with Crippen LogP contribution in [0.1, 0.15) is 5.56 Å². The highest BCUT2D eigenvalue weighted by molar-refractivity contribution is 5.94. The third kappa shape index (κ3) is 2.86. The van der Waals surface area contributed by atoms with E-state index in [4.69, 9.17) is 4.74 Å². The highest BCUT2D eigenvalue weighted by Crippen LogP contribution is 2.20. The number of aromatic amines is 1. The number of fused-ring (bicyclic) bond motifs is 1. The molecule has 0 saturated heterocycles. The first kappa shape index (κ1) is 13.2. The topological polar surface area (TPSA) is 67.0 Å². The molecule has 0 aliphatic heterocycles. The van der Waals surface area contributed by atoms with Crippen LogP contribution in [0.25, 0.3) is 10.9 Å². The van der Waals surface area contributed by atoms with Gasteiger partial charge in [0.25, 0.3) is 0 Å². The van der Waals surface area contributed by atoms with Crippen molar-refractivity contribution in [1.82, 2.24) is 10.2 Å². The number of nitrogens with one attached hydrogen (secondary N) is 2. The molecule has 0 fully saturated rings. The normalized spacial score (nSPS) is 10.5. The van der Waals surface area contributed by atoms with Gasteiger partial charge in [0.15, 0.2) is 0 Å². The summed E-state index contributed by atoms with van der Waals surface area (Å²) >= 11 is 0. The second-order valence-corrected chi connectivity index (χ2v) is 4.71. The van der Waals surface area contributed by atoms with Crippen LogP contribution in [0.3, 0.4) is 0 Å². The molecule has 0 unspecified atom stereocenters. The maximum atomic E-state index is 12.1. The number of methoxy groups -OCH3 is 1. The van der Waals surface area contributed by atoms with Crippen LogP contribution in [-0.4, -0.2) is 23.2 Å². The molecule has 0 aliphatic rings. The number of rotatable bonds is 4. The molecule has 5 nitrogen and oxygen atoms in total. The number of H-pyrrole nitrogens is 1. The minimum Gasteiger partial charge on any atom is -0.496 e. The molecule has 0 spiro atoms. The minimum atomic E-state index is -0.0812. The zero-order valence-corrected chi connectivity index (χ0v) is 11.6. The smallest absolute Gasteiger partial charge is 0.228 e. The second kappa shape index (κ2) is 5.66. The summed E-state index contributed by atoms with van der Waals surface area (Å²) in [6.45, 7) is 0. The van der Waals surface area contributed by atoms with E-state index in [1.807, 2.05) is 42.5 Å². The third-order valence-corrected chi connectivity index (χ3v) is 3.27. The van der Waals surface area contributed by atoms with E-state index in [-0.39, 0.29) is 12.3 Å². The summed E-state index contributed by atoms with van der Waals surface area (Å²) in [5.41, 5.74) is 2.56. The Kier molecular flexibility index (Phi) is 3.55. The highest BCUT2D eigenvalue weighted by atomic mass is 16.5. The van der Waals surface area contributed by atoms with Crippen LogP contribution in [0.2, 0.25) is 0 Å². The molecular formula is C16H15N3O2. The maximum absolute atomic E-state index is 12.1. The quantitative estimate of drug-likeness (QED) is 0.772. The Morgan fingerprint density at radius 2 is 2.14 bits per heavy atom. The Labute approximate surface area is 121 Å². The second-order valence-electron chi connectivity index (χ2n) is 4.71. The summed E-state index contributed by atoms with van der Waals surface area (Å²) in [5, 5.41) is 10.7. The lowest BCUT2D eigenvalue weighted by atomic mass is 10.1. The van der Waals surface area contributed by atoms with E-state index in [1.165, 1.54) is 0 Å². The molecule has 1 heterocycles. The molecule has 106 valence electrons. The fraction of sp³-hybridized carbons (Fsp3) is 0.125. The van der Waals surface area contributed by atoms with Gasteiger partial charge in [-0.2, -0.15) is 5.10 Å². The van der Waals surface area contributed by atoms with Gasteiger partial charge in [-0.15, -0.1) is 0 Å². The first-order valence-electron chi connectivity index (χ1n) is 6.61. The number of para-hydroxylation sites is 1. The number of aromatic nitrogens is 2. The van der Waals surface area contributed by atoms with Crippen molar-refractivity contribution < 1.29 is 9.53 Å². The molecule has 21 heavy (non-hydrogen) atoms. The van der Waals surface area contributed by atoms with Crippen molar-refractivity contribution in [2.45, 2.75) is 6.42 Å². The number of hydrogen-bond acceptors (Lipinski definition) is 3. The van der Waals surface area contributed by atoms with Crippen molar-refractivity contribution in [3.8, 4) is 5.75 Å². The molecule has 5 heteroatoms. The molecule has 3 rings (SSSR count). The number of carbonyl (C=O) groups excluding carboxylic acids is 1. The first-order chi connectivity index (χ1) is 10.3. The number of hydrogen-bond donors (Lipinski definition) is 2. The van der Waals surface area contributed by atoms with Gasteiger partial charge in [0, 0.05) is 16.6 Å². The van der Waals surface area contributed by atoms with Crippen LogP contribution >= 0.6 is 0 Å². The number of carbonyl (C=O) groups is 1. The fourth-order valence-corrected chi connectivity index (χ4v) is 2.25. The minimum absolute atomic E-state index is 0.0812. The Balaban J connectivity index is 1.73. The van der Waals surface area contributed by atoms with Gasteiger partial charge in [0.2, 0.25) is 5.91 Å². The van der Waals surface area contributed by atoms with Crippen molar-refractivity contribution in [3.05, 3.63) is 54.2 Å². The lowest BCUT2D eigenvalue weighted by Gasteiger charge is -2.09. The van der Waals surface area contributed by atoms with Crippen LogP contribution in [0.15, 0.2) is 48.7 Å². The van der Waals surface area contributed by atoms with E-state index in [1.54, 1.807) is 13.3 Å². The Bertz CT molecular complexity index is 780. The molecule has 0 radical (unpaired) electrons. The van der Waals surface area contributed by atoms with Gasteiger partial charge in [0.1, 0.15) is 5.75 Å². The molecule has 1 amide bonds. The Morgan fingerprint density at radius 1 is 1.29 bits per heavy atom. The third-order valence-electron chi connectivity index (χ3n) is 3.27. The Morgan fingerprint density at radius 3 is 3.00 bits per heavy atom. The molecule has 0 saturated carbocycles. The van der Waals surface area contributed by atoms with Crippen molar-refractivity contribution in [3.63, 3.8) is 0 Å². The highest BCUT2D eigenvalue weighted by Gasteiger charge is 2.09. The van der Waals surface area contributed by atoms with Gasteiger partial charge in [-0.1, -0.05) is 18.2 Å². The van der Waals surface area contributed by atoms with Crippen LogP contribution in [-0.2, 0) is 11.2 Å². The zero-order chi connectivity index (χ0) is 14.7. The molecule has 0 aliphatic carbocycles. The molecule has 3 aromatic rings. The summed E-state index contributed by atoms with van der Waals surface area (Å²) in [5.74, 6) is 0.639. The largest absolute Gasteiger partial charge is 0.496 e. The fourth-order valence-electron chi connectivity index (χ4n) is 2.25. The average molecular weight is 281 g/mol. The van der Waals surface area contributed by atoms with E-state index >= 15 is 0 Å². The number of amides is 1. The number of nitrogens with zero attached hydrogens (tertiary/aromatic N) is 1.